The molecule has 4 saturated carbocycles. The third-order valence-corrected chi connectivity index (χ3v) is 11.7. The van der Waals surface area contributed by atoms with E-state index in [-0.39, 0.29) is 35.1 Å². The van der Waals surface area contributed by atoms with E-state index in [9.17, 15) is 9.59 Å². The van der Waals surface area contributed by atoms with Crippen LogP contribution in [0.5, 0.6) is 0 Å². The molecule has 1 aliphatic heterocycles. The summed E-state index contributed by atoms with van der Waals surface area (Å²) in [5.41, 5.74) is 0.496. The highest BCUT2D eigenvalue weighted by Gasteiger charge is 2.63. The Morgan fingerprint density at radius 3 is 2.57 bits per heavy atom. The summed E-state index contributed by atoms with van der Waals surface area (Å²) in [5.74, 6) is 3.30. The third-order valence-electron chi connectivity index (χ3n) is 11.7. The highest BCUT2D eigenvalue weighted by atomic mass is 16.7. The lowest BCUT2D eigenvalue weighted by Gasteiger charge is -2.60. The molecule has 0 radical (unpaired) electrons. The zero-order valence-electron chi connectivity index (χ0n) is 22.6. The Kier molecular flexibility index (Phi) is 7.40. The quantitative estimate of drug-likeness (QED) is 0.323. The summed E-state index contributed by atoms with van der Waals surface area (Å²) >= 11 is 0. The molecule has 5 heteroatoms. The van der Waals surface area contributed by atoms with E-state index in [0.717, 1.165) is 45.1 Å². The highest BCUT2D eigenvalue weighted by Crippen LogP contribution is 2.67. The van der Waals surface area contributed by atoms with E-state index in [1.54, 1.807) is 0 Å². The van der Waals surface area contributed by atoms with Crippen LogP contribution in [0.3, 0.4) is 0 Å². The molecule has 0 bridgehead atoms. The Hall–Kier alpha value is -0.940. The first kappa shape index (κ1) is 25.7. The Balaban J connectivity index is 1.27. The van der Waals surface area contributed by atoms with Crippen molar-refractivity contribution < 1.29 is 23.8 Å². The molecule has 4 aliphatic carbocycles. The fourth-order valence-corrected chi connectivity index (χ4v) is 9.67. The number of carbonyl (C=O) groups is 2. The van der Waals surface area contributed by atoms with Crippen LogP contribution in [-0.2, 0) is 23.8 Å². The predicted octanol–water partition coefficient (Wildman–Crippen LogP) is 6.33. The number of Topliss-reactive ketones (excluding diaryl/α,β-unsaturated/α-hetero) is 1. The summed E-state index contributed by atoms with van der Waals surface area (Å²) in [7, 11) is 1.48. The normalized spacial score (nSPS) is 46.3. The van der Waals surface area contributed by atoms with Gasteiger partial charge in [-0.05, 0) is 111 Å². The van der Waals surface area contributed by atoms with Gasteiger partial charge in [-0.15, -0.1) is 0 Å². The number of esters is 1. The van der Waals surface area contributed by atoms with Gasteiger partial charge in [-0.2, -0.15) is 0 Å². The standard InChI is InChI=1S/C30H48O5/c1-19(8-11-26(32)33-4)22-9-10-23-28-24(13-15-30(22,23)3)29(2)14-12-21(17-20(29)18-25(28)31)35-27-7-5-6-16-34-27/h19-24,27-28H,5-18H2,1-4H3. The van der Waals surface area contributed by atoms with Crippen LogP contribution in [0.25, 0.3) is 0 Å². The highest BCUT2D eigenvalue weighted by molar-refractivity contribution is 5.83. The number of methoxy groups -OCH3 is 1. The summed E-state index contributed by atoms with van der Waals surface area (Å²) in [5, 5.41) is 0. The van der Waals surface area contributed by atoms with Crippen LogP contribution in [0.2, 0.25) is 0 Å². The Morgan fingerprint density at radius 1 is 1.06 bits per heavy atom. The van der Waals surface area contributed by atoms with Crippen molar-refractivity contribution in [2.45, 2.75) is 117 Å². The smallest absolute Gasteiger partial charge is 0.305 e. The molecule has 0 N–H and O–H groups in total. The van der Waals surface area contributed by atoms with Crippen molar-refractivity contribution in [2.75, 3.05) is 13.7 Å². The van der Waals surface area contributed by atoms with E-state index in [1.165, 1.54) is 45.6 Å². The molecule has 0 aromatic rings. The molecule has 198 valence electrons. The van der Waals surface area contributed by atoms with E-state index in [1.807, 2.05) is 0 Å². The third kappa shape index (κ3) is 4.62. The van der Waals surface area contributed by atoms with Crippen molar-refractivity contribution in [2.24, 2.45) is 46.3 Å². The first-order valence-corrected chi connectivity index (χ1v) is 14.6. The maximum absolute atomic E-state index is 13.8. The monoisotopic (exact) mass is 488 g/mol. The minimum Gasteiger partial charge on any atom is -0.469 e. The number of hydrogen-bond donors (Lipinski definition) is 0. The zero-order chi connectivity index (χ0) is 24.8. The molecule has 5 aliphatic rings. The van der Waals surface area contributed by atoms with Crippen molar-refractivity contribution in [3.63, 3.8) is 0 Å². The molecule has 5 fully saturated rings. The number of fused-ring (bicyclic) bond motifs is 5. The maximum Gasteiger partial charge on any atom is 0.305 e. The molecule has 0 aromatic carbocycles. The van der Waals surface area contributed by atoms with Gasteiger partial charge < -0.3 is 14.2 Å². The molecule has 0 spiro atoms. The van der Waals surface area contributed by atoms with Gasteiger partial charge >= 0.3 is 5.97 Å². The van der Waals surface area contributed by atoms with Crippen LogP contribution >= 0.6 is 0 Å². The first-order chi connectivity index (χ1) is 16.8. The number of ketones is 1. The van der Waals surface area contributed by atoms with Crippen molar-refractivity contribution >= 4 is 11.8 Å². The summed E-state index contributed by atoms with van der Waals surface area (Å²) in [6.07, 6.45) is 13.9. The largest absolute Gasteiger partial charge is 0.469 e. The SMILES string of the molecule is COC(=O)CCC(C)C1CCC2C3C(=O)CC4CC(OC5CCCCO5)CCC4(C)C3CCC12C. The average Bonchev–Trinajstić information content (AvgIpc) is 3.21. The van der Waals surface area contributed by atoms with Gasteiger partial charge in [0.2, 0.25) is 0 Å². The molecular formula is C30H48O5. The Labute approximate surface area is 212 Å². The van der Waals surface area contributed by atoms with Gasteiger partial charge in [0.25, 0.3) is 0 Å². The number of ether oxygens (including phenoxy) is 3. The fraction of sp³-hybridized carbons (Fsp3) is 0.933. The van der Waals surface area contributed by atoms with Gasteiger partial charge in [-0.1, -0.05) is 20.8 Å². The van der Waals surface area contributed by atoms with Gasteiger partial charge in [0.05, 0.1) is 13.2 Å². The molecule has 10 atom stereocenters. The molecule has 35 heavy (non-hydrogen) atoms. The van der Waals surface area contributed by atoms with Crippen LogP contribution in [0.1, 0.15) is 104 Å². The summed E-state index contributed by atoms with van der Waals surface area (Å²) < 4.78 is 17.2. The van der Waals surface area contributed by atoms with Crippen LogP contribution in [0.4, 0.5) is 0 Å². The van der Waals surface area contributed by atoms with Crippen molar-refractivity contribution in [1.29, 1.82) is 0 Å². The molecule has 1 heterocycles. The van der Waals surface area contributed by atoms with Crippen molar-refractivity contribution in [1.82, 2.24) is 0 Å². The topological polar surface area (TPSA) is 61.8 Å². The summed E-state index contributed by atoms with van der Waals surface area (Å²) in [4.78, 5) is 25.6. The number of hydrogen-bond acceptors (Lipinski definition) is 5. The Bertz CT molecular complexity index is 790. The van der Waals surface area contributed by atoms with Crippen LogP contribution in [0, 0.1) is 46.3 Å². The lowest BCUT2D eigenvalue weighted by atomic mass is 9.44. The molecule has 0 aromatic heterocycles. The van der Waals surface area contributed by atoms with E-state index in [0.29, 0.717) is 41.8 Å². The summed E-state index contributed by atoms with van der Waals surface area (Å²) in [6.45, 7) is 8.15. The lowest BCUT2D eigenvalue weighted by Crippen LogP contribution is -2.57. The van der Waals surface area contributed by atoms with Crippen molar-refractivity contribution in [3.05, 3.63) is 0 Å². The molecular weight excluding hydrogens is 440 g/mol. The number of rotatable bonds is 6. The van der Waals surface area contributed by atoms with E-state index < -0.39 is 0 Å². The predicted molar refractivity (Wildman–Crippen MR) is 134 cm³/mol. The number of carbonyl (C=O) groups excluding carboxylic acids is 2. The van der Waals surface area contributed by atoms with Gasteiger partial charge in [0, 0.05) is 25.4 Å². The van der Waals surface area contributed by atoms with Gasteiger partial charge in [-0.3, -0.25) is 9.59 Å². The van der Waals surface area contributed by atoms with E-state index in [2.05, 4.69) is 20.8 Å². The van der Waals surface area contributed by atoms with Gasteiger partial charge in [0.15, 0.2) is 6.29 Å². The van der Waals surface area contributed by atoms with Crippen LogP contribution in [-0.4, -0.2) is 37.9 Å². The minimum atomic E-state index is -0.101. The Morgan fingerprint density at radius 2 is 1.83 bits per heavy atom. The van der Waals surface area contributed by atoms with Crippen LogP contribution < -0.4 is 0 Å². The molecule has 5 rings (SSSR count). The minimum absolute atomic E-state index is 0.0304. The first-order valence-electron chi connectivity index (χ1n) is 14.6. The van der Waals surface area contributed by atoms with Gasteiger partial charge in [0.1, 0.15) is 5.78 Å². The lowest BCUT2D eigenvalue weighted by molar-refractivity contribution is -0.211. The second kappa shape index (κ2) is 10.1. The fourth-order valence-electron chi connectivity index (χ4n) is 9.67. The van der Waals surface area contributed by atoms with Crippen molar-refractivity contribution in [3.8, 4) is 0 Å². The van der Waals surface area contributed by atoms with Crippen LogP contribution in [0.15, 0.2) is 0 Å². The molecule has 0 amide bonds. The second-order valence-corrected chi connectivity index (χ2v) is 13.3. The average molecular weight is 489 g/mol. The molecule has 1 saturated heterocycles. The van der Waals surface area contributed by atoms with Gasteiger partial charge in [-0.25, -0.2) is 0 Å². The second-order valence-electron chi connectivity index (χ2n) is 13.3. The zero-order valence-corrected chi connectivity index (χ0v) is 22.6. The maximum atomic E-state index is 13.8. The van der Waals surface area contributed by atoms with E-state index >= 15 is 0 Å². The molecule has 5 nitrogen and oxygen atoms in total. The van der Waals surface area contributed by atoms with E-state index in [4.69, 9.17) is 14.2 Å². The molecule has 10 unspecified atom stereocenters. The summed E-state index contributed by atoms with van der Waals surface area (Å²) in [6, 6.07) is 0.